The third kappa shape index (κ3) is 5.61. The molecule has 2 aliphatic carbocycles. The Morgan fingerprint density at radius 3 is 2.40 bits per heavy atom. The number of nitrogens with one attached hydrogen (secondary N) is 1. The zero-order valence-electron chi connectivity index (χ0n) is 12.6. The van der Waals surface area contributed by atoms with Gasteiger partial charge in [0.15, 0.2) is 0 Å². The topological polar surface area (TPSA) is 55.1 Å². The second kappa shape index (κ2) is 9.62. The van der Waals surface area contributed by atoms with Gasteiger partial charge in [-0.2, -0.15) is 0 Å². The minimum atomic E-state index is 0. The number of halogens is 1. The molecule has 0 aromatic heterocycles. The number of hydrogen-bond donors (Lipinski definition) is 2. The maximum atomic E-state index is 12.0. The van der Waals surface area contributed by atoms with Gasteiger partial charge in [-0.25, -0.2) is 0 Å². The quantitative estimate of drug-likeness (QED) is 0.790. The molecule has 1 amide bonds. The SMILES string of the molecule is Cl.NCC1CCCCC1NC(=O)CCCC1CCCC1. The Morgan fingerprint density at radius 2 is 1.70 bits per heavy atom. The average molecular weight is 303 g/mol. The molecule has 3 nitrogen and oxygen atoms in total. The molecule has 0 aromatic carbocycles. The molecule has 2 rings (SSSR count). The van der Waals surface area contributed by atoms with Gasteiger partial charge in [0.05, 0.1) is 0 Å². The monoisotopic (exact) mass is 302 g/mol. The largest absolute Gasteiger partial charge is 0.353 e. The van der Waals surface area contributed by atoms with Crippen molar-refractivity contribution in [2.45, 2.75) is 76.7 Å². The van der Waals surface area contributed by atoms with Crippen molar-refractivity contribution in [2.75, 3.05) is 6.54 Å². The summed E-state index contributed by atoms with van der Waals surface area (Å²) in [4.78, 5) is 12.0. The van der Waals surface area contributed by atoms with Crippen molar-refractivity contribution in [1.29, 1.82) is 0 Å². The van der Waals surface area contributed by atoms with Crippen LogP contribution in [-0.4, -0.2) is 18.5 Å². The number of nitrogens with two attached hydrogens (primary N) is 1. The minimum absolute atomic E-state index is 0. The van der Waals surface area contributed by atoms with Gasteiger partial charge in [-0.05, 0) is 44.1 Å². The van der Waals surface area contributed by atoms with Crippen molar-refractivity contribution in [2.24, 2.45) is 17.6 Å². The zero-order valence-corrected chi connectivity index (χ0v) is 13.4. The Hall–Kier alpha value is -0.280. The van der Waals surface area contributed by atoms with Crippen LogP contribution in [0.5, 0.6) is 0 Å². The van der Waals surface area contributed by atoms with E-state index in [2.05, 4.69) is 5.32 Å². The van der Waals surface area contributed by atoms with Crippen LogP contribution in [0.3, 0.4) is 0 Å². The second-order valence-corrected chi connectivity index (χ2v) is 6.50. The van der Waals surface area contributed by atoms with Crippen molar-refractivity contribution in [3.63, 3.8) is 0 Å². The van der Waals surface area contributed by atoms with Crippen LogP contribution >= 0.6 is 12.4 Å². The fourth-order valence-electron chi connectivity index (χ4n) is 3.81. The number of rotatable bonds is 6. The van der Waals surface area contributed by atoms with Crippen LogP contribution < -0.4 is 11.1 Å². The fraction of sp³-hybridized carbons (Fsp3) is 0.938. The number of amides is 1. The Balaban J connectivity index is 0.00000200. The molecule has 2 saturated carbocycles. The normalized spacial score (nSPS) is 27.1. The first-order valence-corrected chi connectivity index (χ1v) is 8.29. The number of carbonyl (C=O) groups excluding carboxylic acids is 1. The lowest BCUT2D eigenvalue weighted by Crippen LogP contribution is -2.44. The second-order valence-electron chi connectivity index (χ2n) is 6.50. The van der Waals surface area contributed by atoms with Gasteiger partial charge in [0, 0.05) is 12.5 Å². The number of carbonyl (C=O) groups is 1. The van der Waals surface area contributed by atoms with Crippen LogP contribution in [0.4, 0.5) is 0 Å². The molecule has 0 radical (unpaired) electrons. The van der Waals surface area contributed by atoms with Crippen LogP contribution in [0, 0.1) is 11.8 Å². The van der Waals surface area contributed by atoms with Gasteiger partial charge in [-0.3, -0.25) is 4.79 Å². The standard InChI is InChI=1S/C16H30N2O.ClH/c17-12-14-9-3-4-10-15(14)18-16(19)11-5-8-13-6-1-2-7-13;/h13-15H,1-12,17H2,(H,18,19);1H. The zero-order chi connectivity index (χ0) is 13.5. The molecular formula is C16H31ClN2O. The Bertz CT molecular complexity index is 280. The van der Waals surface area contributed by atoms with Crippen molar-refractivity contribution >= 4 is 18.3 Å². The van der Waals surface area contributed by atoms with E-state index < -0.39 is 0 Å². The molecule has 0 bridgehead atoms. The first-order chi connectivity index (χ1) is 9.29. The van der Waals surface area contributed by atoms with Crippen LogP contribution in [0.15, 0.2) is 0 Å². The minimum Gasteiger partial charge on any atom is -0.353 e. The Kier molecular flexibility index (Phi) is 8.55. The molecular weight excluding hydrogens is 272 g/mol. The predicted molar refractivity (Wildman–Crippen MR) is 86.0 cm³/mol. The van der Waals surface area contributed by atoms with Gasteiger partial charge >= 0.3 is 0 Å². The van der Waals surface area contributed by atoms with Gasteiger partial charge in [-0.1, -0.05) is 38.5 Å². The molecule has 2 aliphatic rings. The summed E-state index contributed by atoms with van der Waals surface area (Å²) in [5.41, 5.74) is 5.80. The third-order valence-electron chi connectivity index (χ3n) is 5.05. The summed E-state index contributed by atoms with van der Waals surface area (Å²) in [7, 11) is 0. The van der Waals surface area contributed by atoms with Crippen molar-refractivity contribution in [3.8, 4) is 0 Å². The van der Waals surface area contributed by atoms with Crippen molar-refractivity contribution < 1.29 is 4.79 Å². The van der Waals surface area contributed by atoms with E-state index in [-0.39, 0.29) is 18.3 Å². The van der Waals surface area contributed by atoms with Gasteiger partial charge in [0.25, 0.3) is 0 Å². The van der Waals surface area contributed by atoms with E-state index in [9.17, 15) is 4.79 Å². The molecule has 20 heavy (non-hydrogen) atoms. The van der Waals surface area contributed by atoms with Crippen molar-refractivity contribution in [3.05, 3.63) is 0 Å². The summed E-state index contributed by atoms with van der Waals surface area (Å²) >= 11 is 0. The summed E-state index contributed by atoms with van der Waals surface area (Å²) in [5, 5.41) is 3.23. The molecule has 2 unspecified atom stereocenters. The highest BCUT2D eigenvalue weighted by Crippen LogP contribution is 2.29. The van der Waals surface area contributed by atoms with E-state index >= 15 is 0 Å². The lowest BCUT2D eigenvalue weighted by atomic mass is 9.84. The summed E-state index contributed by atoms with van der Waals surface area (Å²) in [5.74, 6) is 1.66. The summed E-state index contributed by atoms with van der Waals surface area (Å²) < 4.78 is 0. The maximum absolute atomic E-state index is 12.0. The van der Waals surface area contributed by atoms with E-state index in [0.717, 1.165) is 18.8 Å². The molecule has 0 saturated heterocycles. The van der Waals surface area contributed by atoms with Crippen molar-refractivity contribution in [1.82, 2.24) is 5.32 Å². The highest BCUT2D eigenvalue weighted by atomic mass is 35.5. The van der Waals surface area contributed by atoms with E-state index in [1.54, 1.807) is 0 Å². The predicted octanol–water partition coefficient (Wildman–Crippen LogP) is 3.40. The number of hydrogen-bond acceptors (Lipinski definition) is 2. The first-order valence-electron chi connectivity index (χ1n) is 8.29. The van der Waals surface area contributed by atoms with Crippen LogP contribution in [0.1, 0.15) is 70.6 Å². The molecule has 118 valence electrons. The van der Waals surface area contributed by atoms with Gasteiger partial charge < -0.3 is 11.1 Å². The van der Waals surface area contributed by atoms with Crippen LogP contribution in [-0.2, 0) is 4.79 Å². The van der Waals surface area contributed by atoms with Crippen LogP contribution in [0.25, 0.3) is 0 Å². The van der Waals surface area contributed by atoms with Gasteiger partial charge in [0.1, 0.15) is 0 Å². The third-order valence-corrected chi connectivity index (χ3v) is 5.05. The van der Waals surface area contributed by atoms with Crippen LogP contribution in [0.2, 0.25) is 0 Å². The maximum Gasteiger partial charge on any atom is 0.220 e. The summed E-state index contributed by atoms with van der Waals surface area (Å²) in [6, 6.07) is 0.345. The Morgan fingerprint density at radius 1 is 1.05 bits per heavy atom. The van der Waals surface area contributed by atoms with E-state index in [1.165, 1.54) is 51.4 Å². The molecule has 2 atom stereocenters. The molecule has 2 fully saturated rings. The molecule has 0 spiro atoms. The molecule has 3 N–H and O–H groups in total. The smallest absolute Gasteiger partial charge is 0.220 e. The molecule has 4 heteroatoms. The van der Waals surface area contributed by atoms with E-state index in [0.29, 0.717) is 24.9 Å². The first kappa shape index (κ1) is 17.8. The molecule has 0 heterocycles. The van der Waals surface area contributed by atoms with E-state index in [4.69, 9.17) is 5.73 Å². The lowest BCUT2D eigenvalue weighted by molar-refractivity contribution is -0.122. The molecule has 0 aliphatic heterocycles. The fourth-order valence-corrected chi connectivity index (χ4v) is 3.81. The lowest BCUT2D eigenvalue weighted by Gasteiger charge is -2.31. The summed E-state index contributed by atoms with van der Waals surface area (Å²) in [6.07, 6.45) is 13.4. The van der Waals surface area contributed by atoms with E-state index in [1.807, 2.05) is 0 Å². The highest BCUT2D eigenvalue weighted by molar-refractivity contribution is 5.85. The van der Waals surface area contributed by atoms with Gasteiger partial charge in [0.2, 0.25) is 5.91 Å². The summed E-state index contributed by atoms with van der Waals surface area (Å²) in [6.45, 7) is 0.715. The molecule has 0 aromatic rings. The van der Waals surface area contributed by atoms with Gasteiger partial charge in [-0.15, -0.1) is 12.4 Å². The Labute approximate surface area is 129 Å². The highest BCUT2D eigenvalue weighted by Gasteiger charge is 2.25. The average Bonchev–Trinajstić information content (AvgIpc) is 2.92.